The van der Waals surface area contributed by atoms with E-state index < -0.39 is 47.1 Å². The first-order valence-corrected chi connectivity index (χ1v) is 10.7. The molecule has 4 nitrogen and oxygen atoms in total. The number of rotatable bonds is 5. The van der Waals surface area contributed by atoms with Crippen molar-refractivity contribution in [1.29, 1.82) is 0 Å². The standard InChI is InChI=1S/C22H17Cl2F6NO3/c23-18-2-1-12(6-19(18)24)5-16-10-17(34-11-32)3-4-31(16)20(33)13-7-14(21(25,26)27)9-15(8-13)22(28,29)30/h1-2,6-9,11,16-17H,3-5,10H2/t16-,17+/m1/s1. The molecule has 2 aromatic carbocycles. The zero-order valence-corrected chi connectivity index (χ0v) is 18.7. The Morgan fingerprint density at radius 2 is 1.62 bits per heavy atom. The van der Waals surface area contributed by atoms with Crippen LogP contribution in [-0.4, -0.2) is 36.0 Å². The van der Waals surface area contributed by atoms with E-state index in [1.165, 1.54) is 11.0 Å². The molecule has 1 amide bonds. The van der Waals surface area contributed by atoms with E-state index in [2.05, 4.69) is 0 Å². The molecule has 0 aliphatic carbocycles. The SMILES string of the molecule is O=CO[C@H]1CCN(C(=O)c2cc(C(F)(F)F)cc(C(F)(F)F)c2)[C@H](Cc2ccc(Cl)c(Cl)c2)C1. The highest BCUT2D eigenvalue weighted by Crippen LogP contribution is 2.37. The van der Waals surface area contributed by atoms with Gasteiger partial charge in [-0.3, -0.25) is 9.59 Å². The predicted octanol–water partition coefficient (Wildman–Crippen LogP) is 6.42. The molecule has 1 heterocycles. The lowest BCUT2D eigenvalue weighted by molar-refractivity contribution is -0.143. The van der Waals surface area contributed by atoms with Crippen molar-refractivity contribution >= 4 is 35.6 Å². The molecule has 34 heavy (non-hydrogen) atoms. The molecule has 0 unspecified atom stereocenters. The number of ether oxygens (including phenoxy) is 1. The first kappa shape index (κ1) is 26.2. The molecular weight excluding hydrogens is 511 g/mol. The van der Waals surface area contributed by atoms with Crippen molar-refractivity contribution in [3.8, 4) is 0 Å². The summed E-state index contributed by atoms with van der Waals surface area (Å²) >= 11 is 11.9. The Balaban J connectivity index is 1.98. The molecule has 1 fully saturated rings. The van der Waals surface area contributed by atoms with Crippen molar-refractivity contribution in [1.82, 2.24) is 4.90 Å². The maximum atomic E-state index is 13.2. The molecule has 1 saturated heterocycles. The lowest BCUT2D eigenvalue weighted by atomic mass is 9.92. The predicted molar refractivity (Wildman–Crippen MR) is 112 cm³/mol. The summed E-state index contributed by atoms with van der Waals surface area (Å²) < 4.78 is 84.5. The lowest BCUT2D eigenvalue weighted by Gasteiger charge is -2.39. The average Bonchev–Trinajstić information content (AvgIpc) is 2.75. The summed E-state index contributed by atoms with van der Waals surface area (Å²) in [6.45, 7) is 0.210. The van der Waals surface area contributed by atoms with Crippen molar-refractivity contribution in [2.24, 2.45) is 0 Å². The largest absolute Gasteiger partial charge is 0.464 e. The van der Waals surface area contributed by atoms with Gasteiger partial charge in [-0.1, -0.05) is 29.3 Å². The van der Waals surface area contributed by atoms with Crippen LogP contribution in [0.5, 0.6) is 0 Å². The van der Waals surface area contributed by atoms with Gasteiger partial charge in [0.05, 0.1) is 21.2 Å². The van der Waals surface area contributed by atoms with Gasteiger partial charge < -0.3 is 9.64 Å². The highest BCUT2D eigenvalue weighted by molar-refractivity contribution is 6.42. The van der Waals surface area contributed by atoms with Gasteiger partial charge in [0.1, 0.15) is 6.10 Å². The molecule has 0 bridgehead atoms. The van der Waals surface area contributed by atoms with Crippen LogP contribution in [0.4, 0.5) is 26.3 Å². The number of likely N-dealkylation sites (tertiary alicyclic amines) is 1. The number of alkyl halides is 6. The molecule has 1 aliphatic rings. The van der Waals surface area contributed by atoms with E-state index in [1.54, 1.807) is 12.1 Å². The zero-order valence-electron chi connectivity index (χ0n) is 17.2. The van der Waals surface area contributed by atoms with Gasteiger partial charge in [0, 0.05) is 31.0 Å². The quantitative estimate of drug-likeness (QED) is 0.333. The molecular formula is C22H17Cl2F6NO3. The first-order valence-electron chi connectivity index (χ1n) is 9.93. The molecule has 0 radical (unpaired) electrons. The van der Waals surface area contributed by atoms with E-state index in [9.17, 15) is 35.9 Å². The molecule has 0 saturated carbocycles. The van der Waals surface area contributed by atoms with Crippen LogP contribution in [0.25, 0.3) is 0 Å². The second kappa shape index (κ2) is 10.0. The minimum absolute atomic E-state index is 0.0336. The van der Waals surface area contributed by atoms with Crippen LogP contribution in [0.3, 0.4) is 0 Å². The number of halogens is 8. The Bertz CT molecular complexity index is 1040. The number of amides is 1. The number of benzene rings is 2. The summed E-state index contributed by atoms with van der Waals surface area (Å²) in [7, 11) is 0. The van der Waals surface area contributed by atoms with Crippen LogP contribution >= 0.6 is 23.2 Å². The van der Waals surface area contributed by atoms with Gasteiger partial charge in [0.25, 0.3) is 12.4 Å². The molecule has 0 N–H and O–H groups in total. The van der Waals surface area contributed by atoms with Crippen LogP contribution in [-0.2, 0) is 28.3 Å². The van der Waals surface area contributed by atoms with E-state index >= 15 is 0 Å². The summed E-state index contributed by atoms with van der Waals surface area (Å²) in [6.07, 6.45) is -10.3. The molecule has 0 spiro atoms. The van der Waals surface area contributed by atoms with E-state index in [0.717, 1.165) is 0 Å². The second-order valence-electron chi connectivity index (χ2n) is 7.78. The molecule has 2 atom stereocenters. The normalized spacial score (nSPS) is 19.1. The van der Waals surface area contributed by atoms with Gasteiger partial charge in [0.15, 0.2) is 0 Å². The fourth-order valence-corrected chi connectivity index (χ4v) is 4.18. The number of carbonyl (C=O) groups is 2. The second-order valence-corrected chi connectivity index (χ2v) is 8.59. The maximum absolute atomic E-state index is 13.2. The van der Waals surface area contributed by atoms with E-state index in [1.807, 2.05) is 0 Å². The number of hydrogen-bond donors (Lipinski definition) is 0. The minimum atomic E-state index is -5.08. The van der Waals surface area contributed by atoms with Crippen LogP contribution in [0, 0.1) is 0 Å². The molecule has 3 rings (SSSR count). The Morgan fingerprint density at radius 1 is 1.00 bits per heavy atom. The van der Waals surface area contributed by atoms with Crippen molar-refractivity contribution < 1.29 is 40.7 Å². The highest BCUT2D eigenvalue weighted by atomic mass is 35.5. The van der Waals surface area contributed by atoms with E-state index in [-0.39, 0.29) is 48.4 Å². The van der Waals surface area contributed by atoms with Crippen molar-refractivity contribution in [3.05, 3.63) is 68.7 Å². The Labute approximate surface area is 200 Å². The highest BCUT2D eigenvalue weighted by Gasteiger charge is 2.39. The Hall–Kier alpha value is -2.46. The molecule has 184 valence electrons. The van der Waals surface area contributed by atoms with Crippen LogP contribution < -0.4 is 0 Å². The first-order chi connectivity index (χ1) is 15.8. The summed E-state index contributed by atoms with van der Waals surface area (Å²) in [5, 5.41) is 0.522. The van der Waals surface area contributed by atoms with Gasteiger partial charge in [-0.25, -0.2) is 0 Å². The van der Waals surface area contributed by atoms with Crippen molar-refractivity contribution in [3.63, 3.8) is 0 Å². The van der Waals surface area contributed by atoms with Gasteiger partial charge in [-0.05, 0) is 42.3 Å². The third kappa shape index (κ3) is 6.15. The molecule has 1 aliphatic heterocycles. The lowest BCUT2D eigenvalue weighted by Crippen LogP contribution is -2.49. The van der Waals surface area contributed by atoms with Crippen LogP contribution in [0.15, 0.2) is 36.4 Å². The summed E-state index contributed by atoms with van der Waals surface area (Å²) in [6, 6.07) is 4.79. The molecule has 2 aromatic rings. The maximum Gasteiger partial charge on any atom is 0.416 e. The van der Waals surface area contributed by atoms with E-state index in [0.29, 0.717) is 17.7 Å². The summed E-state index contributed by atoms with van der Waals surface area (Å²) in [5.41, 5.74) is -3.27. The van der Waals surface area contributed by atoms with E-state index in [4.69, 9.17) is 27.9 Å². The topological polar surface area (TPSA) is 46.6 Å². The number of carbonyl (C=O) groups excluding carboxylic acids is 2. The monoisotopic (exact) mass is 527 g/mol. The van der Waals surface area contributed by atoms with Gasteiger partial charge in [-0.2, -0.15) is 26.3 Å². The number of hydrogen-bond acceptors (Lipinski definition) is 3. The average molecular weight is 528 g/mol. The fourth-order valence-electron chi connectivity index (χ4n) is 3.86. The smallest absolute Gasteiger partial charge is 0.416 e. The van der Waals surface area contributed by atoms with Crippen LogP contribution in [0.1, 0.15) is 39.9 Å². The fraction of sp³-hybridized carbons (Fsp3) is 0.364. The summed E-state index contributed by atoms with van der Waals surface area (Å²) in [4.78, 5) is 25.1. The third-order valence-corrected chi connectivity index (χ3v) is 6.21. The van der Waals surface area contributed by atoms with Gasteiger partial charge in [-0.15, -0.1) is 0 Å². The number of nitrogens with zero attached hydrogens (tertiary/aromatic N) is 1. The van der Waals surface area contributed by atoms with Gasteiger partial charge in [0.2, 0.25) is 0 Å². The Morgan fingerprint density at radius 3 is 2.15 bits per heavy atom. The minimum Gasteiger partial charge on any atom is -0.464 e. The van der Waals surface area contributed by atoms with Crippen molar-refractivity contribution in [2.45, 2.75) is 43.8 Å². The summed E-state index contributed by atoms with van der Waals surface area (Å²) in [5.74, 6) is -0.994. The van der Waals surface area contributed by atoms with Crippen LogP contribution in [0.2, 0.25) is 10.0 Å². The number of piperidine rings is 1. The van der Waals surface area contributed by atoms with Crippen molar-refractivity contribution in [2.75, 3.05) is 6.54 Å². The Kier molecular flexibility index (Phi) is 7.72. The molecule has 12 heteroatoms. The zero-order chi connectivity index (χ0) is 25.3. The van der Waals surface area contributed by atoms with Gasteiger partial charge >= 0.3 is 12.4 Å². The molecule has 0 aromatic heterocycles. The third-order valence-electron chi connectivity index (χ3n) is 5.47.